The van der Waals surface area contributed by atoms with Crippen LogP contribution in [0.15, 0.2) is 42.5 Å². The zero-order valence-corrected chi connectivity index (χ0v) is 12.7. The second kappa shape index (κ2) is 6.43. The summed E-state index contributed by atoms with van der Waals surface area (Å²) < 4.78 is 0. The van der Waals surface area contributed by atoms with Crippen molar-refractivity contribution in [3.8, 4) is 6.07 Å². The normalized spacial score (nSPS) is 10.0. The van der Waals surface area contributed by atoms with Gasteiger partial charge in [0.15, 0.2) is 0 Å². The van der Waals surface area contributed by atoms with Crippen LogP contribution in [-0.2, 0) is 6.54 Å². The molecule has 0 aliphatic heterocycles. The van der Waals surface area contributed by atoms with Gasteiger partial charge < -0.3 is 4.90 Å². The van der Waals surface area contributed by atoms with Crippen LogP contribution in [0.25, 0.3) is 0 Å². The van der Waals surface area contributed by atoms with Gasteiger partial charge in [0.2, 0.25) is 0 Å². The van der Waals surface area contributed by atoms with Crippen LogP contribution in [-0.4, -0.2) is 17.9 Å². The Morgan fingerprint density at radius 1 is 1.29 bits per heavy atom. The van der Waals surface area contributed by atoms with Gasteiger partial charge in [0, 0.05) is 24.2 Å². The molecule has 2 aromatic rings. The molecule has 0 bridgehead atoms. The van der Waals surface area contributed by atoms with Gasteiger partial charge in [-0.2, -0.15) is 5.26 Å². The number of nitriles is 1. The second-order valence-electron chi connectivity index (χ2n) is 4.93. The number of rotatable bonds is 3. The smallest absolute Gasteiger partial charge is 0.254 e. The summed E-state index contributed by atoms with van der Waals surface area (Å²) in [4.78, 5) is 14.1. The van der Waals surface area contributed by atoms with E-state index in [2.05, 4.69) is 6.07 Å². The van der Waals surface area contributed by atoms with E-state index in [9.17, 15) is 4.79 Å². The van der Waals surface area contributed by atoms with Gasteiger partial charge >= 0.3 is 0 Å². The molecular weight excluding hydrogens is 284 g/mol. The Kier molecular flexibility index (Phi) is 4.62. The molecule has 0 unspecified atom stereocenters. The summed E-state index contributed by atoms with van der Waals surface area (Å²) in [6.07, 6.45) is 0. The van der Waals surface area contributed by atoms with Crippen LogP contribution in [0.5, 0.6) is 0 Å². The number of carbonyl (C=O) groups is 1. The molecule has 21 heavy (non-hydrogen) atoms. The van der Waals surface area contributed by atoms with Crippen LogP contribution in [0.4, 0.5) is 0 Å². The van der Waals surface area contributed by atoms with Crippen LogP contribution in [0, 0.1) is 18.3 Å². The monoisotopic (exact) mass is 298 g/mol. The highest BCUT2D eigenvalue weighted by Crippen LogP contribution is 2.17. The highest BCUT2D eigenvalue weighted by atomic mass is 35.5. The molecule has 0 fully saturated rings. The number of hydrogen-bond donors (Lipinski definition) is 0. The third-order valence-electron chi connectivity index (χ3n) is 3.24. The number of hydrogen-bond acceptors (Lipinski definition) is 2. The highest BCUT2D eigenvalue weighted by molar-refractivity contribution is 6.30. The number of amides is 1. The van der Waals surface area contributed by atoms with Crippen LogP contribution in [0.1, 0.15) is 27.0 Å². The third-order valence-corrected chi connectivity index (χ3v) is 3.48. The Morgan fingerprint density at radius 2 is 2.05 bits per heavy atom. The predicted molar refractivity (Wildman–Crippen MR) is 83.1 cm³/mol. The fraction of sp³-hybridized carbons (Fsp3) is 0.176. The minimum Gasteiger partial charge on any atom is -0.337 e. The standard InChI is InChI=1S/C17H15ClN2O/c1-12-8-15(18)6-7-16(12)17(21)20(2)11-14-5-3-4-13(9-14)10-19/h3-9H,11H2,1-2H3. The van der Waals surface area contributed by atoms with Crippen molar-refractivity contribution in [1.29, 1.82) is 5.26 Å². The highest BCUT2D eigenvalue weighted by Gasteiger charge is 2.14. The molecule has 1 amide bonds. The topological polar surface area (TPSA) is 44.1 Å². The molecule has 0 aliphatic rings. The number of nitrogens with zero attached hydrogens (tertiary/aromatic N) is 2. The van der Waals surface area contributed by atoms with Crippen molar-refractivity contribution < 1.29 is 4.79 Å². The summed E-state index contributed by atoms with van der Waals surface area (Å²) in [7, 11) is 1.75. The summed E-state index contributed by atoms with van der Waals surface area (Å²) in [5, 5.41) is 9.52. The largest absolute Gasteiger partial charge is 0.337 e. The van der Waals surface area contributed by atoms with E-state index < -0.39 is 0 Å². The SMILES string of the molecule is Cc1cc(Cl)ccc1C(=O)N(C)Cc1cccc(C#N)c1. The number of benzene rings is 2. The van der Waals surface area contributed by atoms with Gasteiger partial charge in [-0.3, -0.25) is 4.79 Å². The quantitative estimate of drug-likeness (QED) is 0.865. The third kappa shape index (κ3) is 3.62. The first-order chi connectivity index (χ1) is 10.0. The van der Waals surface area contributed by atoms with Crippen molar-refractivity contribution in [2.24, 2.45) is 0 Å². The molecule has 106 valence electrons. The van der Waals surface area contributed by atoms with E-state index in [0.717, 1.165) is 11.1 Å². The molecule has 0 saturated heterocycles. The zero-order valence-electron chi connectivity index (χ0n) is 11.9. The molecule has 3 nitrogen and oxygen atoms in total. The van der Waals surface area contributed by atoms with Crippen LogP contribution < -0.4 is 0 Å². The van der Waals surface area contributed by atoms with E-state index in [1.807, 2.05) is 19.1 Å². The van der Waals surface area contributed by atoms with Crippen molar-refractivity contribution in [1.82, 2.24) is 4.90 Å². The van der Waals surface area contributed by atoms with E-state index in [0.29, 0.717) is 22.7 Å². The van der Waals surface area contributed by atoms with Crippen LogP contribution in [0.2, 0.25) is 5.02 Å². The molecular formula is C17H15ClN2O. The molecule has 0 aromatic heterocycles. The van der Waals surface area contributed by atoms with Gasteiger partial charge in [0.05, 0.1) is 11.6 Å². The number of halogens is 1. The maximum absolute atomic E-state index is 12.5. The lowest BCUT2D eigenvalue weighted by Gasteiger charge is -2.18. The zero-order chi connectivity index (χ0) is 15.4. The Labute approximate surface area is 129 Å². The van der Waals surface area contributed by atoms with E-state index in [4.69, 9.17) is 16.9 Å². The summed E-state index contributed by atoms with van der Waals surface area (Å²) in [5.41, 5.74) is 3.01. The van der Waals surface area contributed by atoms with Gasteiger partial charge in [-0.25, -0.2) is 0 Å². The van der Waals surface area contributed by atoms with Gasteiger partial charge in [-0.05, 0) is 48.4 Å². The molecule has 0 N–H and O–H groups in total. The lowest BCUT2D eigenvalue weighted by molar-refractivity contribution is 0.0784. The average molecular weight is 299 g/mol. The second-order valence-corrected chi connectivity index (χ2v) is 5.37. The van der Waals surface area contributed by atoms with Crippen molar-refractivity contribution in [2.75, 3.05) is 7.05 Å². The Morgan fingerprint density at radius 3 is 2.71 bits per heavy atom. The predicted octanol–water partition coefficient (Wildman–Crippen LogP) is 3.79. The maximum Gasteiger partial charge on any atom is 0.254 e. The minimum atomic E-state index is -0.0634. The number of carbonyl (C=O) groups excluding carboxylic acids is 1. The van der Waals surface area contributed by atoms with Crippen molar-refractivity contribution in [3.63, 3.8) is 0 Å². The fourth-order valence-electron chi connectivity index (χ4n) is 2.16. The first-order valence-corrected chi connectivity index (χ1v) is 6.89. The van der Waals surface area contributed by atoms with E-state index in [1.165, 1.54) is 0 Å². The fourth-order valence-corrected chi connectivity index (χ4v) is 2.38. The van der Waals surface area contributed by atoms with Gasteiger partial charge in [-0.1, -0.05) is 23.7 Å². The Hall–Kier alpha value is -2.31. The van der Waals surface area contributed by atoms with Crippen molar-refractivity contribution in [2.45, 2.75) is 13.5 Å². The molecule has 4 heteroatoms. The first-order valence-electron chi connectivity index (χ1n) is 6.52. The summed E-state index contributed by atoms with van der Waals surface area (Å²) in [6.45, 7) is 2.32. The molecule has 0 heterocycles. The van der Waals surface area contributed by atoms with Crippen molar-refractivity contribution >= 4 is 17.5 Å². The van der Waals surface area contributed by atoms with Gasteiger partial charge in [0.1, 0.15) is 0 Å². The lowest BCUT2D eigenvalue weighted by atomic mass is 10.1. The van der Waals surface area contributed by atoms with Crippen molar-refractivity contribution in [3.05, 3.63) is 69.7 Å². The summed E-state index contributed by atoms with van der Waals surface area (Å²) >= 11 is 5.91. The lowest BCUT2D eigenvalue weighted by Crippen LogP contribution is -2.26. The minimum absolute atomic E-state index is 0.0634. The Balaban J connectivity index is 2.17. The number of aryl methyl sites for hydroxylation is 1. The molecule has 0 aliphatic carbocycles. The molecule has 2 rings (SSSR count). The molecule has 0 spiro atoms. The average Bonchev–Trinajstić information content (AvgIpc) is 2.46. The molecule has 0 saturated carbocycles. The molecule has 0 radical (unpaired) electrons. The van der Waals surface area contributed by atoms with Gasteiger partial charge in [-0.15, -0.1) is 0 Å². The molecule has 2 aromatic carbocycles. The van der Waals surface area contributed by atoms with Crippen LogP contribution >= 0.6 is 11.6 Å². The first kappa shape index (κ1) is 15.1. The Bertz CT molecular complexity index is 719. The van der Waals surface area contributed by atoms with E-state index in [1.54, 1.807) is 42.3 Å². The van der Waals surface area contributed by atoms with Gasteiger partial charge in [0.25, 0.3) is 5.91 Å². The summed E-state index contributed by atoms with van der Waals surface area (Å²) in [6, 6.07) is 14.6. The maximum atomic E-state index is 12.5. The van der Waals surface area contributed by atoms with E-state index in [-0.39, 0.29) is 5.91 Å². The van der Waals surface area contributed by atoms with Crippen LogP contribution in [0.3, 0.4) is 0 Å². The molecule has 0 atom stereocenters. The van der Waals surface area contributed by atoms with E-state index >= 15 is 0 Å². The summed E-state index contributed by atoms with van der Waals surface area (Å²) in [5.74, 6) is -0.0634.